The van der Waals surface area contributed by atoms with E-state index in [9.17, 15) is 4.79 Å². The lowest BCUT2D eigenvalue weighted by molar-refractivity contribution is -0.126. The van der Waals surface area contributed by atoms with Crippen molar-refractivity contribution in [3.63, 3.8) is 0 Å². The van der Waals surface area contributed by atoms with E-state index < -0.39 is 0 Å². The van der Waals surface area contributed by atoms with Crippen molar-refractivity contribution < 1.29 is 9.53 Å². The minimum atomic E-state index is -0.102. The number of aryl methyl sites for hydroxylation is 1. The van der Waals surface area contributed by atoms with Gasteiger partial charge in [-0.25, -0.2) is 0 Å². The number of amides is 1. The molecule has 0 saturated carbocycles. The number of nitrogens with zero attached hydrogens (tertiary/aromatic N) is 1. The van der Waals surface area contributed by atoms with Crippen molar-refractivity contribution in [1.29, 1.82) is 0 Å². The molecule has 2 rings (SSSR count). The van der Waals surface area contributed by atoms with E-state index in [-0.39, 0.29) is 11.9 Å². The molecule has 1 unspecified atom stereocenters. The van der Waals surface area contributed by atoms with Gasteiger partial charge in [0.1, 0.15) is 18.4 Å². The average Bonchev–Trinajstić information content (AvgIpc) is 2.47. The van der Waals surface area contributed by atoms with Gasteiger partial charge in [-0.2, -0.15) is 0 Å². The standard InChI is InChI=1S/C15H23N3O2/c1-12-4-3-5-13(10-12)20-9-8-18-7-6-17-11-14(18)15(19)16-2/h3-5,10,14,17H,6-9,11H2,1-2H3,(H,16,19). The quantitative estimate of drug-likeness (QED) is 0.818. The lowest BCUT2D eigenvalue weighted by Crippen LogP contribution is -2.58. The summed E-state index contributed by atoms with van der Waals surface area (Å²) < 4.78 is 5.76. The molecule has 1 fully saturated rings. The largest absolute Gasteiger partial charge is 0.492 e. The first-order valence-corrected chi connectivity index (χ1v) is 7.06. The van der Waals surface area contributed by atoms with E-state index >= 15 is 0 Å². The van der Waals surface area contributed by atoms with Gasteiger partial charge in [0, 0.05) is 33.2 Å². The van der Waals surface area contributed by atoms with Crippen LogP contribution in [0.3, 0.4) is 0 Å². The number of rotatable bonds is 5. The fourth-order valence-electron chi connectivity index (χ4n) is 2.43. The Morgan fingerprint density at radius 1 is 1.55 bits per heavy atom. The van der Waals surface area contributed by atoms with Crippen LogP contribution < -0.4 is 15.4 Å². The number of nitrogens with one attached hydrogen (secondary N) is 2. The SMILES string of the molecule is CNC(=O)C1CNCCN1CCOc1cccc(C)c1. The van der Waals surface area contributed by atoms with Gasteiger partial charge in [0.2, 0.25) is 5.91 Å². The molecule has 1 heterocycles. The topological polar surface area (TPSA) is 53.6 Å². The van der Waals surface area contributed by atoms with Crippen molar-refractivity contribution in [3.05, 3.63) is 29.8 Å². The maximum absolute atomic E-state index is 11.8. The lowest BCUT2D eigenvalue weighted by Gasteiger charge is -2.34. The third-order valence-corrected chi connectivity index (χ3v) is 3.54. The van der Waals surface area contributed by atoms with E-state index in [0.717, 1.165) is 25.4 Å². The molecule has 20 heavy (non-hydrogen) atoms. The van der Waals surface area contributed by atoms with E-state index in [1.807, 2.05) is 31.2 Å². The van der Waals surface area contributed by atoms with Crippen LogP contribution in [0.15, 0.2) is 24.3 Å². The molecule has 5 nitrogen and oxygen atoms in total. The van der Waals surface area contributed by atoms with Crippen LogP contribution in [-0.2, 0) is 4.79 Å². The summed E-state index contributed by atoms with van der Waals surface area (Å²) in [7, 11) is 1.68. The zero-order valence-corrected chi connectivity index (χ0v) is 12.2. The van der Waals surface area contributed by atoms with E-state index in [2.05, 4.69) is 15.5 Å². The highest BCUT2D eigenvalue weighted by Gasteiger charge is 2.27. The van der Waals surface area contributed by atoms with E-state index in [4.69, 9.17) is 4.74 Å². The summed E-state index contributed by atoms with van der Waals surface area (Å²) in [5, 5.41) is 5.97. The van der Waals surface area contributed by atoms with E-state index in [1.165, 1.54) is 5.56 Å². The number of carbonyl (C=O) groups is 1. The zero-order valence-electron chi connectivity index (χ0n) is 12.2. The average molecular weight is 277 g/mol. The van der Waals surface area contributed by atoms with Gasteiger partial charge in [-0.15, -0.1) is 0 Å². The number of hydrogen-bond donors (Lipinski definition) is 2. The molecule has 1 atom stereocenters. The molecule has 1 amide bonds. The van der Waals surface area contributed by atoms with Crippen LogP contribution in [0.4, 0.5) is 0 Å². The molecule has 110 valence electrons. The van der Waals surface area contributed by atoms with Gasteiger partial charge in [0.25, 0.3) is 0 Å². The molecular weight excluding hydrogens is 254 g/mol. The predicted molar refractivity (Wildman–Crippen MR) is 79.0 cm³/mol. The monoisotopic (exact) mass is 277 g/mol. The molecule has 1 aromatic rings. The number of benzene rings is 1. The first-order valence-electron chi connectivity index (χ1n) is 7.06. The van der Waals surface area contributed by atoms with Gasteiger partial charge in [0.15, 0.2) is 0 Å². The van der Waals surface area contributed by atoms with Crippen molar-refractivity contribution in [1.82, 2.24) is 15.5 Å². The number of piperazine rings is 1. The molecule has 0 radical (unpaired) electrons. The van der Waals surface area contributed by atoms with Gasteiger partial charge in [-0.1, -0.05) is 12.1 Å². The highest BCUT2D eigenvalue weighted by molar-refractivity contribution is 5.81. The third-order valence-electron chi connectivity index (χ3n) is 3.54. The lowest BCUT2D eigenvalue weighted by atomic mass is 10.2. The molecule has 1 saturated heterocycles. The maximum atomic E-state index is 11.8. The van der Waals surface area contributed by atoms with Crippen molar-refractivity contribution in [2.24, 2.45) is 0 Å². The maximum Gasteiger partial charge on any atom is 0.238 e. The van der Waals surface area contributed by atoms with E-state index in [1.54, 1.807) is 7.05 Å². The Balaban J connectivity index is 1.84. The van der Waals surface area contributed by atoms with Crippen molar-refractivity contribution in [2.45, 2.75) is 13.0 Å². The Hall–Kier alpha value is -1.59. The fourth-order valence-corrected chi connectivity index (χ4v) is 2.43. The van der Waals surface area contributed by atoms with Crippen LogP contribution in [0, 0.1) is 6.92 Å². The Kier molecular flexibility index (Phi) is 5.38. The summed E-state index contributed by atoms with van der Waals surface area (Å²) in [5.41, 5.74) is 1.19. The van der Waals surface area contributed by atoms with Crippen LogP contribution in [0.2, 0.25) is 0 Å². The number of likely N-dealkylation sites (N-methyl/N-ethyl adjacent to an activating group) is 1. The van der Waals surface area contributed by atoms with Crippen molar-refractivity contribution in [2.75, 3.05) is 39.8 Å². The minimum Gasteiger partial charge on any atom is -0.492 e. The Morgan fingerprint density at radius 3 is 3.15 bits per heavy atom. The van der Waals surface area contributed by atoms with Crippen LogP contribution in [0.25, 0.3) is 0 Å². The highest BCUT2D eigenvalue weighted by atomic mass is 16.5. The normalized spacial score (nSPS) is 19.6. The first-order chi connectivity index (χ1) is 9.70. The van der Waals surface area contributed by atoms with Gasteiger partial charge < -0.3 is 15.4 Å². The van der Waals surface area contributed by atoms with Crippen LogP contribution >= 0.6 is 0 Å². The summed E-state index contributed by atoms with van der Waals surface area (Å²) in [5.74, 6) is 0.949. The van der Waals surface area contributed by atoms with Gasteiger partial charge >= 0.3 is 0 Å². The summed E-state index contributed by atoms with van der Waals surface area (Å²) in [6.45, 7) is 5.88. The second kappa shape index (κ2) is 7.26. The summed E-state index contributed by atoms with van der Waals surface area (Å²) in [4.78, 5) is 14.0. The van der Waals surface area contributed by atoms with Crippen LogP contribution in [0.5, 0.6) is 5.75 Å². The molecule has 5 heteroatoms. The summed E-state index contributed by atoms with van der Waals surface area (Å²) >= 11 is 0. The molecule has 0 aliphatic carbocycles. The molecular formula is C15H23N3O2. The molecule has 0 aromatic heterocycles. The predicted octanol–water partition coefficient (Wildman–Crippen LogP) is 0.394. The number of hydrogen-bond acceptors (Lipinski definition) is 4. The Labute approximate surface area is 120 Å². The Bertz CT molecular complexity index is 450. The molecule has 1 aliphatic rings. The van der Waals surface area contributed by atoms with Crippen molar-refractivity contribution in [3.8, 4) is 5.75 Å². The molecule has 2 N–H and O–H groups in total. The van der Waals surface area contributed by atoms with Gasteiger partial charge in [-0.05, 0) is 24.6 Å². The Morgan fingerprint density at radius 2 is 2.40 bits per heavy atom. The molecule has 1 aliphatic heterocycles. The minimum absolute atomic E-state index is 0.0627. The zero-order chi connectivity index (χ0) is 14.4. The first kappa shape index (κ1) is 14.8. The van der Waals surface area contributed by atoms with Gasteiger partial charge in [-0.3, -0.25) is 9.69 Å². The summed E-state index contributed by atoms with van der Waals surface area (Å²) in [6, 6.07) is 7.91. The van der Waals surface area contributed by atoms with Gasteiger partial charge in [0.05, 0.1) is 0 Å². The second-order valence-corrected chi connectivity index (χ2v) is 5.04. The smallest absolute Gasteiger partial charge is 0.238 e. The van der Waals surface area contributed by atoms with E-state index in [0.29, 0.717) is 13.2 Å². The number of carbonyl (C=O) groups excluding carboxylic acids is 1. The number of ether oxygens (including phenoxy) is 1. The molecule has 0 bridgehead atoms. The highest BCUT2D eigenvalue weighted by Crippen LogP contribution is 2.12. The molecule has 0 spiro atoms. The second-order valence-electron chi connectivity index (χ2n) is 5.04. The van der Waals surface area contributed by atoms with Crippen LogP contribution in [-0.4, -0.2) is 56.7 Å². The third kappa shape index (κ3) is 3.95. The molecule has 1 aromatic carbocycles. The van der Waals surface area contributed by atoms with Crippen LogP contribution in [0.1, 0.15) is 5.56 Å². The summed E-state index contributed by atoms with van der Waals surface area (Å²) in [6.07, 6.45) is 0. The van der Waals surface area contributed by atoms with Crippen molar-refractivity contribution >= 4 is 5.91 Å². The fraction of sp³-hybridized carbons (Fsp3) is 0.533.